The first-order chi connectivity index (χ1) is 13.5. The second-order valence-corrected chi connectivity index (χ2v) is 8.86. The summed E-state index contributed by atoms with van der Waals surface area (Å²) in [6.45, 7) is 11.7. The van der Waals surface area contributed by atoms with E-state index >= 15 is 0 Å². The Hall–Kier alpha value is -2.13. The van der Waals surface area contributed by atoms with Gasteiger partial charge in [-0.1, -0.05) is 55.5 Å². The highest BCUT2D eigenvalue weighted by molar-refractivity contribution is 5.97. The molecule has 2 unspecified atom stereocenters. The van der Waals surface area contributed by atoms with Gasteiger partial charge < -0.3 is 9.80 Å². The SMILES string of the molecule is Cc1cccc(C)c1C(=O)N1CC2CN(CC[C@H](C)c3ccccc3)CC2C1. The van der Waals surface area contributed by atoms with Crippen LogP contribution in [0.3, 0.4) is 0 Å². The van der Waals surface area contributed by atoms with E-state index in [4.69, 9.17) is 0 Å². The van der Waals surface area contributed by atoms with Crippen molar-refractivity contribution in [2.75, 3.05) is 32.7 Å². The molecular formula is C25H32N2O. The number of fused-ring (bicyclic) bond motifs is 1. The van der Waals surface area contributed by atoms with E-state index in [9.17, 15) is 4.79 Å². The summed E-state index contributed by atoms with van der Waals surface area (Å²) in [5, 5.41) is 0. The van der Waals surface area contributed by atoms with Crippen molar-refractivity contribution in [2.45, 2.75) is 33.1 Å². The number of amides is 1. The summed E-state index contributed by atoms with van der Waals surface area (Å²) in [5.74, 6) is 2.11. The molecule has 2 fully saturated rings. The Kier molecular flexibility index (Phi) is 5.54. The van der Waals surface area contributed by atoms with E-state index < -0.39 is 0 Å². The summed E-state index contributed by atoms with van der Waals surface area (Å²) >= 11 is 0. The number of hydrogen-bond donors (Lipinski definition) is 0. The van der Waals surface area contributed by atoms with Crippen LogP contribution in [0.5, 0.6) is 0 Å². The molecule has 0 aliphatic carbocycles. The van der Waals surface area contributed by atoms with Crippen molar-refractivity contribution >= 4 is 5.91 Å². The van der Waals surface area contributed by atoms with Gasteiger partial charge in [0.25, 0.3) is 5.91 Å². The molecule has 4 rings (SSSR count). The highest BCUT2D eigenvalue weighted by Gasteiger charge is 2.41. The van der Waals surface area contributed by atoms with Crippen LogP contribution in [0.15, 0.2) is 48.5 Å². The van der Waals surface area contributed by atoms with Crippen LogP contribution in [0, 0.1) is 25.7 Å². The lowest BCUT2D eigenvalue weighted by Gasteiger charge is -2.24. The maximum Gasteiger partial charge on any atom is 0.254 e. The minimum atomic E-state index is 0.231. The monoisotopic (exact) mass is 376 g/mol. The standard InChI is InChI=1S/C25H32N2O/c1-18(21-10-5-4-6-11-21)12-13-26-14-22-16-27(17-23(22)15-26)25(28)24-19(2)8-7-9-20(24)3/h4-11,18,22-23H,12-17H2,1-3H3/t18-,22?,23?/m0/s1. The molecule has 0 radical (unpaired) electrons. The van der Waals surface area contributed by atoms with Gasteiger partial charge in [-0.25, -0.2) is 0 Å². The Balaban J connectivity index is 1.31. The molecule has 148 valence electrons. The largest absolute Gasteiger partial charge is 0.338 e. The zero-order chi connectivity index (χ0) is 19.7. The second kappa shape index (κ2) is 8.08. The third-order valence-corrected chi connectivity index (χ3v) is 6.79. The molecule has 2 saturated heterocycles. The number of aryl methyl sites for hydroxylation is 2. The number of benzene rings is 2. The zero-order valence-electron chi connectivity index (χ0n) is 17.4. The van der Waals surface area contributed by atoms with Crippen molar-refractivity contribution in [3.05, 3.63) is 70.8 Å². The fourth-order valence-corrected chi connectivity index (χ4v) is 5.07. The average Bonchev–Trinajstić information content (AvgIpc) is 3.25. The van der Waals surface area contributed by atoms with Crippen LogP contribution < -0.4 is 0 Å². The molecule has 1 amide bonds. The van der Waals surface area contributed by atoms with Crippen molar-refractivity contribution in [1.82, 2.24) is 9.80 Å². The third-order valence-electron chi connectivity index (χ3n) is 6.79. The quantitative estimate of drug-likeness (QED) is 0.767. The van der Waals surface area contributed by atoms with Gasteiger partial charge in [-0.15, -0.1) is 0 Å². The average molecular weight is 377 g/mol. The van der Waals surface area contributed by atoms with Gasteiger partial charge in [0, 0.05) is 31.7 Å². The van der Waals surface area contributed by atoms with Gasteiger partial charge in [-0.3, -0.25) is 4.79 Å². The Morgan fingerprint density at radius 1 is 0.929 bits per heavy atom. The molecule has 3 nitrogen and oxygen atoms in total. The van der Waals surface area contributed by atoms with Crippen LogP contribution in [-0.2, 0) is 0 Å². The van der Waals surface area contributed by atoms with E-state index in [1.807, 2.05) is 32.0 Å². The topological polar surface area (TPSA) is 23.6 Å². The maximum absolute atomic E-state index is 13.1. The van der Waals surface area contributed by atoms with Crippen LogP contribution >= 0.6 is 0 Å². The molecule has 2 aromatic carbocycles. The second-order valence-electron chi connectivity index (χ2n) is 8.86. The fraction of sp³-hybridized carbons (Fsp3) is 0.480. The molecule has 2 aliphatic rings. The predicted molar refractivity (Wildman–Crippen MR) is 115 cm³/mol. The van der Waals surface area contributed by atoms with Crippen LogP contribution in [-0.4, -0.2) is 48.4 Å². The molecule has 3 atom stereocenters. The summed E-state index contributed by atoms with van der Waals surface area (Å²) in [4.78, 5) is 17.8. The minimum absolute atomic E-state index is 0.231. The molecule has 0 N–H and O–H groups in total. The summed E-state index contributed by atoms with van der Waals surface area (Å²) in [6, 6.07) is 17.0. The van der Waals surface area contributed by atoms with E-state index in [1.165, 1.54) is 12.0 Å². The lowest BCUT2D eigenvalue weighted by molar-refractivity contribution is 0.0772. The van der Waals surface area contributed by atoms with E-state index in [2.05, 4.69) is 47.1 Å². The van der Waals surface area contributed by atoms with Gasteiger partial charge in [0.1, 0.15) is 0 Å². The van der Waals surface area contributed by atoms with E-state index in [1.54, 1.807) is 0 Å². The van der Waals surface area contributed by atoms with Gasteiger partial charge in [-0.2, -0.15) is 0 Å². The zero-order valence-corrected chi connectivity index (χ0v) is 17.4. The Morgan fingerprint density at radius 2 is 1.54 bits per heavy atom. The van der Waals surface area contributed by atoms with Crippen molar-refractivity contribution in [2.24, 2.45) is 11.8 Å². The van der Waals surface area contributed by atoms with Crippen molar-refractivity contribution < 1.29 is 4.79 Å². The maximum atomic E-state index is 13.1. The van der Waals surface area contributed by atoms with E-state index in [0.717, 1.165) is 49.4 Å². The minimum Gasteiger partial charge on any atom is -0.338 e. The van der Waals surface area contributed by atoms with Gasteiger partial charge in [0.2, 0.25) is 0 Å². The number of rotatable bonds is 5. The van der Waals surface area contributed by atoms with Gasteiger partial charge in [0.15, 0.2) is 0 Å². The van der Waals surface area contributed by atoms with E-state index in [0.29, 0.717) is 17.8 Å². The van der Waals surface area contributed by atoms with Crippen LogP contribution in [0.2, 0.25) is 0 Å². The predicted octanol–water partition coefficient (Wildman–Crippen LogP) is 4.50. The first-order valence-electron chi connectivity index (χ1n) is 10.7. The third kappa shape index (κ3) is 3.86. The van der Waals surface area contributed by atoms with Crippen molar-refractivity contribution in [3.63, 3.8) is 0 Å². The highest BCUT2D eigenvalue weighted by Crippen LogP contribution is 2.33. The van der Waals surface area contributed by atoms with Gasteiger partial charge in [0.05, 0.1) is 0 Å². The number of nitrogens with zero attached hydrogens (tertiary/aromatic N) is 2. The first kappa shape index (κ1) is 19.2. The smallest absolute Gasteiger partial charge is 0.254 e. The van der Waals surface area contributed by atoms with Gasteiger partial charge in [-0.05, 0) is 61.3 Å². The Morgan fingerprint density at radius 3 is 2.14 bits per heavy atom. The molecule has 2 aromatic rings. The van der Waals surface area contributed by atoms with Crippen LogP contribution in [0.25, 0.3) is 0 Å². The first-order valence-corrected chi connectivity index (χ1v) is 10.7. The molecule has 2 aliphatic heterocycles. The molecule has 3 heteroatoms. The summed E-state index contributed by atoms with van der Waals surface area (Å²) in [5.41, 5.74) is 4.54. The Labute approximate surface area is 169 Å². The number of carbonyl (C=O) groups excluding carboxylic acids is 1. The molecule has 0 bridgehead atoms. The van der Waals surface area contributed by atoms with Crippen LogP contribution in [0.4, 0.5) is 0 Å². The molecule has 2 heterocycles. The normalized spacial score (nSPS) is 23.0. The lowest BCUT2D eigenvalue weighted by Crippen LogP contribution is -2.34. The molecule has 0 saturated carbocycles. The number of likely N-dealkylation sites (tertiary alicyclic amines) is 2. The van der Waals surface area contributed by atoms with E-state index in [-0.39, 0.29) is 5.91 Å². The van der Waals surface area contributed by atoms with Crippen LogP contribution in [0.1, 0.15) is 46.3 Å². The molecular weight excluding hydrogens is 344 g/mol. The van der Waals surface area contributed by atoms with Crippen molar-refractivity contribution in [1.29, 1.82) is 0 Å². The summed E-state index contributed by atoms with van der Waals surface area (Å²) in [6.07, 6.45) is 1.20. The molecule has 28 heavy (non-hydrogen) atoms. The number of hydrogen-bond acceptors (Lipinski definition) is 2. The fourth-order valence-electron chi connectivity index (χ4n) is 5.07. The lowest BCUT2D eigenvalue weighted by atomic mass is 9.98. The number of carbonyl (C=O) groups is 1. The summed E-state index contributed by atoms with van der Waals surface area (Å²) < 4.78 is 0. The Bertz CT molecular complexity index is 797. The van der Waals surface area contributed by atoms with Gasteiger partial charge >= 0.3 is 0 Å². The molecule has 0 spiro atoms. The van der Waals surface area contributed by atoms with Crippen molar-refractivity contribution in [3.8, 4) is 0 Å². The summed E-state index contributed by atoms with van der Waals surface area (Å²) in [7, 11) is 0. The molecule has 0 aromatic heterocycles. The highest BCUT2D eigenvalue weighted by atomic mass is 16.2.